The highest BCUT2D eigenvalue weighted by Gasteiger charge is 2.14. The summed E-state index contributed by atoms with van der Waals surface area (Å²) in [4.78, 5) is 12.3. The highest BCUT2D eigenvalue weighted by atomic mass is 16.5. The molecule has 1 rings (SSSR count). The second-order valence-electron chi connectivity index (χ2n) is 5.53. The monoisotopic (exact) mass is 293 g/mol. The maximum absolute atomic E-state index is 12.3. The summed E-state index contributed by atoms with van der Waals surface area (Å²) >= 11 is 0. The van der Waals surface area contributed by atoms with Crippen LogP contribution in [0.3, 0.4) is 0 Å². The highest BCUT2D eigenvalue weighted by molar-refractivity contribution is 5.95. The van der Waals surface area contributed by atoms with Crippen molar-refractivity contribution in [1.29, 1.82) is 0 Å². The molecule has 0 saturated carbocycles. The van der Waals surface area contributed by atoms with Crippen LogP contribution in [0.15, 0.2) is 18.2 Å². The average molecular weight is 293 g/mol. The molecule has 4 heteroatoms. The van der Waals surface area contributed by atoms with Crippen LogP contribution in [0.5, 0.6) is 11.5 Å². The third-order valence-electron chi connectivity index (χ3n) is 3.01. The lowest BCUT2D eigenvalue weighted by atomic mass is 10.0. The average Bonchev–Trinajstić information content (AvgIpc) is 2.40. The van der Waals surface area contributed by atoms with Gasteiger partial charge in [-0.05, 0) is 51.3 Å². The third kappa shape index (κ3) is 5.66. The van der Waals surface area contributed by atoms with Crippen molar-refractivity contribution in [2.45, 2.75) is 47.1 Å². The molecule has 118 valence electrons. The molecule has 0 aromatic heterocycles. The summed E-state index contributed by atoms with van der Waals surface area (Å²) in [6, 6.07) is 5.45. The van der Waals surface area contributed by atoms with Crippen LogP contribution in [0.1, 0.15) is 51.4 Å². The maximum Gasteiger partial charge on any atom is 0.251 e. The molecular weight excluding hydrogens is 266 g/mol. The van der Waals surface area contributed by atoms with Gasteiger partial charge in [0.15, 0.2) is 11.5 Å². The summed E-state index contributed by atoms with van der Waals surface area (Å²) in [5.74, 6) is 1.77. The fourth-order valence-corrected chi connectivity index (χ4v) is 2.27. The Morgan fingerprint density at radius 2 is 1.71 bits per heavy atom. The molecule has 0 aliphatic heterocycles. The zero-order valence-corrected chi connectivity index (χ0v) is 13.7. The van der Waals surface area contributed by atoms with Crippen molar-refractivity contribution >= 4 is 5.91 Å². The minimum absolute atomic E-state index is 0.0767. The topological polar surface area (TPSA) is 47.6 Å². The van der Waals surface area contributed by atoms with E-state index in [0.717, 1.165) is 6.42 Å². The first-order valence-corrected chi connectivity index (χ1v) is 7.68. The molecule has 0 spiro atoms. The Morgan fingerprint density at radius 1 is 1.10 bits per heavy atom. The number of carbonyl (C=O) groups is 1. The van der Waals surface area contributed by atoms with E-state index in [0.29, 0.717) is 36.2 Å². The van der Waals surface area contributed by atoms with Crippen molar-refractivity contribution < 1.29 is 14.3 Å². The van der Waals surface area contributed by atoms with Crippen LogP contribution in [0.2, 0.25) is 0 Å². The molecule has 0 radical (unpaired) electrons. The van der Waals surface area contributed by atoms with Crippen LogP contribution in [-0.4, -0.2) is 25.2 Å². The molecule has 1 N–H and O–H groups in total. The number of hydrogen-bond donors (Lipinski definition) is 1. The third-order valence-corrected chi connectivity index (χ3v) is 3.01. The number of carbonyl (C=O) groups excluding carboxylic acids is 1. The van der Waals surface area contributed by atoms with E-state index >= 15 is 0 Å². The van der Waals surface area contributed by atoms with Gasteiger partial charge in [-0.1, -0.05) is 13.8 Å². The molecule has 0 fully saturated rings. The van der Waals surface area contributed by atoms with Gasteiger partial charge in [0.05, 0.1) is 13.2 Å². The van der Waals surface area contributed by atoms with Gasteiger partial charge in [0.1, 0.15) is 0 Å². The Morgan fingerprint density at radius 3 is 2.29 bits per heavy atom. The molecule has 4 nitrogen and oxygen atoms in total. The van der Waals surface area contributed by atoms with Gasteiger partial charge in [-0.3, -0.25) is 4.79 Å². The van der Waals surface area contributed by atoms with Crippen LogP contribution < -0.4 is 14.8 Å². The van der Waals surface area contributed by atoms with Crippen LogP contribution in [0.4, 0.5) is 0 Å². The van der Waals surface area contributed by atoms with E-state index in [1.807, 2.05) is 20.8 Å². The molecule has 0 unspecified atom stereocenters. The molecular formula is C17H27NO3. The minimum atomic E-state index is -0.0767. The van der Waals surface area contributed by atoms with E-state index in [2.05, 4.69) is 19.2 Å². The van der Waals surface area contributed by atoms with Crippen molar-refractivity contribution in [1.82, 2.24) is 5.32 Å². The predicted molar refractivity (Wildman–Crippen MR) is 85.2 cm³/mol. The largest absolute Gasteiger partial charge is 0.490 e. The lowest BCUT2D eigenvalue weighted by Gasteiger charge is -2.17. The van der Waals surface area contributed by atoms with Gasteiger partial charge in [0, 0.05) is 11.6 Å². The van der Waals surface area contributed by atoms with Gasteiger partial charge in [0.25, 0.3) is 5.91 Å². The second kappa shape index (κ2) is 8.55. The lowest BCUT2D eigenvalue weighted by Crippen LogP contribution is -2.33. The highest BCUT2D eigenvalue weighted by Crippen LogP contribution is 2.28. The van der Waals surface area contributed by atoms with Crippen LogP contribution in [0, 0.1) is 5.92 Å². The first kappa shape index (κ1) is 17.3. The summed E-state index contributed by atoms with van der Waals surface area (Å²) in [5, 5.41) is 3.01. The van der Waals surface area contributed by atoms with E-state index in [9.17, 15) is 4.79 Å². The normalized spacial score (nSPS) is 12.1. The number of amides is 1. The number of rotatable bonds is 8. The Hall–Kier alpha value is -1.71. The molecule has 1 atom stereocenters. The summed E-state index contributed by atoms with van der Waals surface area (Å²) < 4.78 is 11.0. The minimum Gasteiger partial charge on any atom is -0.490 e. The van der Waals surface area contributed by atoms with Gasteiger partial charge in [-0.15, -0.1) is 0 Å². The van der Waals surface area contributed by atoms with Gasteiger partial charge in [0.2, 0.25) is 0 Å². The van der Waals surface area contributed by atoms with Gasteiger partial charge in [-0.25, -0.2) is 0 Å². The van der Waals surface area contributed by atoms with Crippen molar-refractivity contribution in [3.63, 3.8) is 0 Å². The summed E-state index contributed by atoms with van der Waals surface area (Å²) in [5.41, 5.74) is 0.595. The SMILES string of the molecule is CCOc1ccc(C(=O)N[C@H](C)CC(C)C)cc1OCC. The van der Waals surface area contributed by atoms with E-state index < -0.39 is 0 Å². The van der Waals surface area contributed by atoms with Crippen LogP contribution in [0.25, 0.3) is 0 Å². The lowest BCUT2D eigenvalue weighted by molar-refractivity contribution is 0.0935. The predicted octanol–water partition coefficient (Wildman–Crippen LogP) is 3.65. The van der Waals surface area contributed by atoms with Gasteiger partial charge < -0.3 is 14.8 Å². The molecule has 0 aliphatic rings. The number of benzene rings is 1. The quantitative estimate of drug-likeness (QED) is 0.796. The van der Waals surface area contributed by atoms with Crippen molar-refractivity contribution in [2.75, 3.05) is 13.2 Å². The van der Waals surface area contributed by atoms with Crippen LogP contribution >= 0.6 is 0 Å². The smallest absolute Gasteiger partial charge is 0.251 e. The standard InChI is InChI=1S/C17H27NO3/c1-6-20-15-9-8-14(11-16(15)21-7-2)17(19)18-13(5)10-12(3)4/h8-9,11-13H,6-7,10H2,1-5H3,(H,18,19)/t13-/m1/s1. The summed E-state index contributed by atoms with van der Waals surface area (Å²) in [7, 11) is 0. The molecule has 1 amide bonds. The molecule has 1 aromatic rings. The van der Waals surface area contributed by atoms with Gasteiger partial charge in [-0.2, -0.15) is 0 Å². The zero-order chi connectivity index (χ0) is 15.8. The van der Waals surface area contributed by atoms with Crippen molar-refractivity contribution in [3.8, 4) is 11.5 Å². The van der Waals surface area contributed by atoms with Crippen molar-refractivity contribution in [2.24, 2.45) is 5.92 Å². The fraction of sp³-hybridized carbons (Fsp3) is 0.588. The number of ether oxygens (including phenoxy) is 2. The Labute approximate surface area is 127 Å². The molecule has 1 aromatic carbocycles. The Balaban J connectivity index is 2.82. The van der Waals surface area contributed by atoms with Crippen molar-refractivity contribution in [3.05, 3.63) is 23.8 Å². The van der Waals surface area contributed by atoms with Gasteiger partial charge >= 0.3 is 0 Å². The molecule has 21 heavy (non-hydrogen) atoms. The molecule has 0 heterocycles. The zero-order valence-electron chi connectivity index (χ0n) is 13.7. The van der Waals surface area contributed by atoms with E-state index in [4.69, 9.17) is 9.47 Å². The fourth-order valence-electron chi connectivity index (χ4n) is 2.27. The summed E-state index contributed by atoms with van der Waals surface area (Å²) in [6.45, 7) is 11.2. The number of hydrogen-bond acceptors (Lipinski definition) is 3. The van der Waals surface area contributed by atoms with E-state index in [-0.39, 0.29) is 11.9 Å². The summed E-state index contributed by atoms with van der Waals surface area (Å²) in [6.07, 6.45) is 0.959. The molecule has 0 bridgehead atoms. The Bertz CT molecular complexity index is 457. The molecule has 0 aliphatic carbocycles. The molecule has 0 saturated heterocycles. The van der Waals surface area contributed by atoms with Crippen LogP contribution in [-0.2, 0) is 0 Å². The maximum atomic E-state index is 12.3. The number of nitrogens with one attached hydrogen (secondary N) is 1. The first-order valence-electron chi connectivity index (χ1n) is 7.68. The first-order chi connectivity index (χ1) is 9.97. The Kier molecular flexibility index (Phi) is 7.06. The second-order valence-corrected chi connectivity index (χ2v) is 5.53. The van der Waals surface area contributed by atoms with E-state index in [1.165, 1.54) is 0 Å². The van der Waals surface area contributed by atoms with E-state index in [1.54, 1.807) is 18.2 Å².